The number of para-hydroxylation sites is 3. The topological polar surface area (TPSA) is 56.2 Å². The second kappa shape index (κ2) is 11.3. The third kappa shape index (κ3) is 6.24. The Bertz CT molecular complexity index is 1230. The first-order valence-corrected chi connectivity index (χ1v) is 11.4. The van der Waals surface area contributed by atoms with Gasteiger partial charge in [0.25, 0.3) is 0 Å². The van der Waals surface area contributed by atoms with Crippen molar-refractivity contribution < 1.29 is 9.53 Å². The zero-order chi connectivity index (χ0) is 22.9. The van der Waals surface area contributed by atoms with Gasteiger partial charge in [0.15, 0.2) is 0 Å². The molecule has 0 saturated carbocycles. The molecule has 168 valence electrons. The van der Waals surface area contributed by atoms with Crippen LogP contribution >= 0.6 is 11.6 Å². The van der Waals surface area contributed by atoms with Crippen LogP contribution in [0.5, 0.6) is 5.75 Å². The van der Waals surface area contributed by atoms with E-state index in [0.29, 0.717) is 30.5 Å². The lowest BCUT2D eigenvalue weighted by atomic mass is 10.2. The number of nitrogens with zero attached hydrogens (tertiary/aromatic N) is 2. The summed E-state index contributed by atoms with van der Waals surface area (Å²) in [7, 11) is 0. The average molecular weight is 460 g/mol. The highest BCUT2D eigenvalue weighted by molar-refractivity contribution is 6.32. The van der Waals surface area contributed by atoms with Gasteiger partial charge in [0.1, 0.15) is 18.2 Å². The number of aryl methyl sites for hydroxylation is 1. The van der Waals surface area contributed by atoms with Crippen molar-refractivity contribution >= 4 is 34.6 Å². The first-order chi connectivity index (χ1) is 16.2. The van der Waals surface area contributed by atoms with Crippen LogP contribution in [0.1, 0.15) is 17.8 Å². The number of carbonyl (C=O) groups excluding carboxylic acids is 1. The van der Waals surface area contributed by atoms with Crippen LogP contribution in [0.3, 0.4) is 0 Å². The van der Waals surface area contributed by atoms with Crippen molar-refractivity contribution in [2.75, 3.05) is 13.2 Å². The Morgan fingerprint density at radius 1 is 1.00 bits per heavy atom. The molecule has 0 bridgehead atoms. The van der Waals surface area contributed by atoms with Crippen molar-refractivity contribution in [1.82, 2.24) is 14.9 Å². The van der Waals surface area contributed by atoms with E-state index in [0.717, 1.165) is 35.3 Å². The number of rotatable bonds is 10. The number of hydrogen-bond donors (Lipinski definition) is 1. The number of imidazole rings is 1. The van der Waals surface area contributed by atoms with Crippen LogP contribution in [-0.2, 0) is 17.8 Å². The maximum atomic E-state index is 12.1. The Balaban J connectivity index is 1.33. The Kier molecular flexibility index (Phi) is 7.77. The number of benzene rings is 3. The fraction of sp³-hybridized carbons (Fsp3) is 0.185. The SMILES string of the molecule is O=C(/C=C/c1ccccc1)NCCCc1nc2ccccc2n1CCOc1ccccc1Cl. The number of aromatic nitrogens is 2. The normalized spacial score (nSPS) is 11.2. The summed E-state index contributed by atoms with van der Waals surface area (Å²) in [6, 6.07) is 25.3. The number of nitrogens with one attached hydrogen (secondary N) is 1. The molecule has 1 heterocycles. The van der Waals surface area contributed by atoms with Gasteiger partial charge in [0.05, 0.1) is 22.6 Å². The highest BCUT2D eigenvalue weighted by Gasteiger charge is 2.11. The van der Waals surface area contributed by atoms with Crippen LogP contribution in [0.2, 0.25) is 5.02 Å². The van der Waals surface area contributed by atoms with E-state index < -0.39 is 0 Å². The molecule has 0 aliphatic carbocycles. The van der Waals surface area contributed by atoms with Gasteiger partial charge in [-0.1, -0.05) is 66.2 Å². The van der Waals surface area contributed by atoms with E-state index in [4.69, 9.17) is 21.3 Å². The molecule has 1 aromatic heterocycles. The molecular weight excluding hydrogens is 434 g/mol. The molecule has 6 heteroatoms. The predicted octanol–water partition coefficient (Wildman–Crippen LogP) is 5.53. The number of fused-ring (bicyclic) bond motifs is 1. The largest absolute Gasteiger partial charge is 0.490 e. The minimum Gasteiger partial charge on any atom is -0.490 e. The summed E-state index contributed by atoms with van der Waals surface area (Å²) in [6.07, 6.45) is 4.92. The van der Waals surface area contributed by atoms with E-state index >= 15 is 0 Å². The predicted molar refractivity (Wildman–Crippen MR) is 133 cm³/mol. The monoisotopic (exact) mass is 459 g/mol. The molecule has 0 spiro atoms. The quantitative estimate of drug-likeness (QED) is 0.250. The van der Waals surface area contributed by atoms with Gasteiger partial charge in [-0.2, -0.15) is 0 Å². The molecule has 33 heavy (non-hydrogen) atoms. The van der Waals surface area contributed by atoms with Gasteiger partial charge < -0.3 is 14.6 Å². The van der Waals surface area contributed by atoms with Gasteiger partial charge in [-0.05, 0) is 42.3 Å². The molecule has 1 amide bonds. The van der Waals surface area contributed by atoms with E-state index in [1.54, 1.807) is 6.08 Å². The minimum atomic E-state index is -0.0968. The van der Waals surface area contributed by atoms with Crippen LogP contribution in [0.25, 0.3) is 17.1 Å². The van der Waals surface area contributed by atoms with Gasteiger partial charge in [-0.15, -0.1) is 0 Å². The van der Waals surface area contributed by atoms with Crippen LogP contribution in [0, 0.1) is 0 Å². The van der Waals surface area contributed by atoms with Crippen molar-refractivity contribution in [3.8, 4) is 5.75 Å². The highest BCUT2D eigenvalue weighted by Crippen LogP contribution is 2.23. The summed E-state index contributed by atoms with van der Waals surface area (Å²) in [6.45, 7) is 1.72. The Morgan fingerprint density at radius 2 is 1.76 bits per heavy atom. The third-order valence-corrected chi connectivity index (χ3v) is 5.56. The molecule has 0 aliphatic rings. The highest BCUT2D eigenvalue weighted by atomic mass is 35.5. The molecule has 0 radical (unpaired) electrons. The first kappa shape index (κ1) is 22.6. The average Bonchev–Trinajstić information content (AvgIpc) is 3.20. The number of carbonyl (C=O) groups is 1. The van der Waals surface area contributed by atoms with Gasteiger partial charge >= 0.3 is 0 Å². The van der Waals surface area contributed by atoms with Crippen LogP contribution < -0.4 is 10.1 Å². The third-order valence-electron chi connectivity index (χ3n) is 5.25. The standard InChI is InChI=1S/C27H26ClN3O2/c28-22-11-4-7-14-25(22)33-20-19-31-24-13-6-5-12-23(24)30-26(31)15-8-18-29-27(32)17-16-21-9-2-1-3-10-21/h1-7,9-14,16-17H,8,15,18-20H2,(H,29,32)/b17-16+. The maximum absolute atomic E-state index is 12.1. The van der Waals surface area contributed by atoms with Gasteiger partial charge in [0.2, 0.25) is 5.91 Å². The Hall–Kier alpha value is -3.57. The molecule has 0 atom stereocenters. The number of hydrogen-bond acceptors (Lipinski definition) is 3. The summed E-state index contributed by atoms with van der Waals surface area (Å²) in [4.78, 5) is 16.9. The molecule has 0 fully saturated rings. The smallest absolute Gasteiger partial charge is 0.243 e. The van der Waals surface area contributed by atoms with E-state index in [1.165, 1.54) is 0 Å². The Labute approximate surface area is 198 Å². The first-order valence-electron chi connectivity index (χ1n) is 11.0. The van der Waals surface area contributed by atoms with Crippen LogP contribution in [0.15, 0.2) is 84.9 Å². The molecule has 0 aliphatic heterocycles. The summed E-state index contributed by atoms with van der Waals surface area (Å²) < 4.78 is 8.07. The summed E-state index contributed by atoms with van der Waals surface area (Å²) >= 11 is 6.20. The molecule has 0 unspecified atom stereocenters. The lowest BCUT2D eigenvalue weighted by molar-refractivity contribution is -0.116. The zero-order valence-electron chi connectivity index (χ0n) is 18.3. The van der Waals surface area contributed by atoms with E-state index in [9.17, 15) is 4.79 Å². The van der Waals surface area contributed by atoms with Crippen molar-refractivity contribution in [3.63, 3.8) is 0 Å². The molecule has 0 saturated heterocycles. The lowest BCUT2D eigenvalue weighted by Crippen LogP contribution is -2.23. The van der Waals surface area contributed by atoms with Crippen molar-refractivity contribution in [3.05, 3.63) is 101 Å². The van der Waals surface area contributed by atoms with Gasteiger partial charge in [0, 0.05) is 19.0 Å². The number of halogens is 1. The fourth-order valence-electron chi connectivity index (χ4n) is 3.63. The van der Waals surface area contributed by atoms with Gasteiger partial charge in [-0.25, -0.2) is 4.98 Å². The zero-order valence-corrected chi connectivity index (χ0v) is 19.0. The second-order valence-corrected chi connectivity index (χ2v) is 7.99. The molecule has 3 aromatic carbocycles. The van der Waals surface area contributed by atoms with E-state index in [2.05, 4.69) is 16.0 Å². The van der Waals surface area contributed by atoms with Crippen molar-refractivity contribution in [1.29, 1.82) is 0 Å². The van der Waals surface area contributed by atoms with Crippen molar-refractivity contribution in [2.24, 2.45) is 0 Å². The van der Waals surface area contributed by atoms with E-state index in [1.807, 2.05) is 78.9 Å². The molecular formula is C27H26ClN3O2. The number of amides is 1. The summed E-state index contributed by atoms with van der Waals surface area (Å²) in [5.41, 5.74) is 3.03. The minimum absolute atomic E-state index is 0.0968. The molecule has 4 aromatic rings. The van der Waals surface area contributed by atoms with E-state index in [-0.39, 0.29) is 5.91 Å². The molecule has 4 rings (SSSR count). The second-order valence-electron chi connectivity index (χ2n) is 7.59. The van der Waals surface area contributed by atoms with Gasteiger partial charge in [-0.3, -0.25) is 4.79 Å². The lowest BCUT2D eigenvalue weighted by Gasteiger charge is -2.12. The molecule has 5 nitrogen and oxygen atoms in total. The maximum Gasteiger partial charge on any atom is 0.243 e. The number of ether oxygens (including phenoxy) is 1. The fourth-order valence-corrected chi connectivity index (χ4v) is 3.82. The summed E-state index contributed by atoms with van der Waals surface area (Å²) in [5, 5.41) is 3.55. The Morgan fingerprint density at radius 3 is 2.61 bits per heavy atom. The van der Waals surface area contributed by atoms with Crippen LogP contribution in [0.4, 0.5) is 0 Å². The van der Waals surface area contributed by atoms with Crippen LogP contribution in [-0.4, -0.2) is 28.6 Å². The van der Waals surface area contributed by atoms with Crippen molar-refractivity contribution in [2.45, 2.75) is 19.4 Å². The molecule has 1 N–H and O–H groups in total. The summed E-state index contributed by atoms with van der Waals surface area (Å²) in [5.74, 6) is 1.56.